The number of amides is 1. The van der Waals surface area contributed by atoms with E-state index in [9.17, 15) is 4.79 Å². The van der Waals surface area contributed by atoms with Crippen LogP contribution in [0.2, 0.25) is 0 Å². The molecule has 1 fully saturated rings. The number of carbonyl (C=O) groups is 1. The molecule has 0 atom stereocenters. The van der Waals surface area contributed by atoms with E-state index in [4.69, 9.17) is 0 Å². The smallest absolute Gasteiger partial charge is 0.239 e. The fourth-order valence-electron chi connectivity index (χ4n) is 3.28. The van der Waals surface area contributed by atoms with Gasteiger partial charge in [0.1, 0.15) is 0 Å². The summed E-state index contributed by atoms with van der Waals surface area (Å²) in [5, 5.41) is 3.22. The third-order valence-corrected chi connectivity index (χ3v) is 4.76. The summed E-state index contributed by atoms with van der Waals surface area (Å²) in [5.74, 6) is 0.106. The Morgan fingerprint density at radius 2 is 1.64 bits per heavy atom. The van der Waals surface area contributed by atoms with Gasteiger partial charge in [0.15, 0.2) is 0 Å². The molecule has 0 radical (unpaired) electrons. The third kappa shape index (κ3) is 5.33. The van der Waals surface area contributed by atoms with Crippen molar-refractivity contribution >= 4 is 11.6 Å². The summed E-state index contributed by atoms with van der Waals surface area (Å²) in [5.41, 5.74) is 2.28. The molecule has 25 heavy (non-hydrogen) atoms. The van der Waals surface area contributed by atoms with Crippen molar-refractivity contribution in [3.8, 4) is 0 Å². The maximum atomic E-state index is 12.6. The monoisotopic (exact) mass is 337 g/mol. The van der Waals surface area contributed by atoms with Gasteiger partial charge in [-0.15, -0.1) is 0 Å². The SMILES string of the molecule is CN1CCC(NC(=O)CN(Cc2ccccc2)c2ccccc2)CC1. The number of carbonyl (C=O) groups excluding carboxylic acids is 1. The Morgan fingerprint density at radius 3 is 2.28 bits per heavy atom. The first-order valence-electron chi connectivity index (χ1n) is 9.02. The largest absolute Gasteiger partial charge is 0.358 e. The lowest BCUT2D eigenvalue weighted by atomic mass is 10.1. The van der Waals surface area contributed by atoms with Gasteiger partial charge in [-0.1, -0.05) is 48.5 Å². The zero-order chi connectivity index (χ0) is 17.5. The van der Waals surface area contributed by atoms with Crippen LogP contribution in [0.3, 0.4) is 0 Å². The van der Waals surface area contributed by atoms with Crippen LogP contribution >= 0.6 is 0 Å². The van der Waals surface area contributed by atoms with E-state index >= 15 is 0 Å². The average Bonchev–Trinajstić information content (AvgIpc) is 2.65. The van der Waals surface area contributed by atoms with Gasteiger partial charge < -0.3 is 15.1 Å². The van der Waals surface area contributed by atoms with E-state index in [-0.39, 0.29) is 5.91 Å². The molecule has 4 heteroatoms. The Balaban J connectivity index is 1.64. The molecule has 132 valence electrons. The van der Waals surface area contributed by atoms with Crippen LogP contribution in [0.4, 0.5) is 5.69 Å². The first-order valence-corrected chi connectivity index (χ1v) is 9.02. The van der Waals surface area contributed by atoms with Crippen molar-refractivity contribution in [3.63, 3.8) is 0 Å². The Labute approximate surface area is 150 Å². The number of anilines is 1. The van der Waals surface area contributed by atoms with Gasteiger partial charge in [-0.3, -0.25) is 4.79 Å². The van der Waals surface area contributed by atoms with E-state index < -0.39 is 0 Å². The average molecular weight is 337 g/mol. The quantitative estimate of drug-likeness (QED) is 0.880. The van der Waals surface area contributed by atoms with Crippen molar-refractivity contribution in [1.29, 1.82) is 0 Å². The minimum atomic E-state index is 0.106. The lowest BCUT2D eigenvalue weighted by molar-refractivity contribution is -0.120. The van der Waals surface area contributed by atoms with E-state index in [0.29, 0.717) is 12.6 Å². The molecule has 1 N–H and O–H groups in total. The topological polar surface area (TPSA) is 35.6 Å². The first-order chi connectivity index (χ1) is 12.2. The number of piperidine rings is 1. The number of para-hydroxylation sites is 1. The number of hydrogen-bond donors (Lipinski definition) is 1. The van der Waals surface area contributed by atoms with E-state index in [1.807, 2.05) is 36.4 Å². The minimum Gasteiger partial charge on any atom is -0.358 e. The van der Waals surface area contributed by atoms with Crippen molar-refractivity contribution < 1.29 is 4.79 Å². The van der Waals surface area contributed by atoms with Crippen LogP contribution in [-0.2, 0) is 11.3 Å². The van der Waals surface area contributed by atoms with Gasteiger partial charge in [-0.2, -0.15) is 0 Å². The van der Waals surface area contributed by atoms with Crippen LogP contribution < -0.4 is 10.2 Å². The maximum absolute atomic E-state index is 12.6. The highest BCUT2D eigenvalue weighted by Crippen LogP contribution is 2.17. The molecule has 0 bridgehead atoms. The molecule has 0 unspecified atom stereocenters. The van der Waals surface area contributed by atoms with E-state index in [0.717, 1.165) is 38.2 Å². The Bertz CT molecular complexity index is 651. The summed E-state index contributed by atoms with van der Waals surface area (Å²) in [7, 11) is 2.13. The Morgan fingerprint density at radius 1 is 1.04 bits per heavy atom. The summed E-state index contributed by atoms with van der Waals surface area (Å²) < 4.78 is 0. The van der Waals surface area contributed by atoms with Crippen LogP contribution in [0.25, 0.3) is 0 Å². The molecule has 0 spiro atoms. The van der Waals surface area contributed by atoms with Crippen molar-refractivity contribution in [2.45, 2.75) is 25.4 Å². The first kappa shape index (κ1) is 17.5. The van der Waals surface area contributed by atoms with Crippen molar-refractivity contribution in [1.82, 2.24) is 10.2 Å². The highest BCUT2D eigenvalue weighted by molar-refractivity contribution is 5.81. The van der Waals surface area contributed by atoms with Crippen LogP contribution in [0.5, 0.6) is 0 Å². The molecule has 1 heterocycles. The number of rotatable bonds is 6. The summed E-state index contributed by atoms with van der Waals surface area (Å²) >= 11 is 0. The molecular formula is C21H27N3O. The molecule has 0 aliphatic carbocycles. The lowest BCUT2D eigenvalue weighted by Gasteiger charge is -2.31. The number of nitrogens with zero attached hydrogens (tertiary/aromatic N) is 2. The fourth-order valence-corrected chi connectivity index (χ4v) is 3.28. The van der Waals surface area contributed by atoms with Gasteiger partial charge in [0.05, 0.1) is 6.54 Å². The van der Waals surface area contributed by atoms with Crippen LogP contribution in [0.15, 0.2) is 60.7 Å². The van der Waals surface area contributed by atoms with Crippen molar-refractivity contribution in [2.75, 3.05) is 31.6 Å². The van der Waals surface area contributed by atoms with Gasteiger partial charge in [0.2, 0.25) is 5.91 Å². The predicted octanol–water partition coefficient (Wildman–Crippen LogP) is 2.90. The second-order valence-corrected chi connectivity index (χ2v) is 6.82. The zero-order valence-electron chi connectivity index (χ0n) is 14.9. The Kier molecular flexibility index (Phi) is 6.07. The standard InChI is InChI=1S/C21H27N3O/c1-23-14-12-19(13-15-23)22-21(25)17-24(20-10-6-3-7-11-20)16-18-8-4-2-5-9-18/h2-11,19H,12-17H2,1H3,(H,22,25). The van der Waals surface area contributed by atoms with E-state index in [1.54, 1.807) is 0 Å². The molecule has 2 aromatic carbocycles. The molecular weight excluding hydrogens is 310 g/mol. The number of hydrogen-bond acceptors (Lipinski definition) is 3. The fraction of sp³-hybridized carbons (Fsp3) is 0.381. The van der Waals surface area contributed by atoms with Gasteiger partial charge >= 0.3 is 0 Å². The predicted molar refractivity (Wildman–Crippen MR) is 103 cm³/mol. The second kappa shape index (κ2) is 8.67. The van der Waals surface area contributed by atoms with Crippen LogP contribution in [0, 0.1) is 0 Å². The highest BCUT2D eigenvalue weighted by Gasteiger charge is 2.20. The number of likely N-dealkylation sites (tertiary alicyclic amines) is 1. The number of nitrogens with one attached hydrogen (secondary N) is 1. The molecule has 0 saturated carbocycles. The van der Waals surface area contributed by atoms with Crippen LogP contribution in [-0.4, -0.2) is 43.5 Å². The summed E-state index contributed by atoms with van der Waals surface area (Å²) in [4.78, 5) is 17.1. The zero-order valence-corrected chi connectivity index (χ0v) is 14.9. The van der Waals surface area contributed by atoms with Gasteiger partial charge in [0.25, 0.3) is 0 Å². The Hall–Kier alpha value is -2.33. The molecule has 3 rings (SSSR count). The van der Waals surface area contributed by atoms with Crippen LogP contribution in [0.1, 0.15) is 18.4 Å². The molecule has 1 aliphatic rings. The van der Waals surface area contributed by atoms with Crippen molar-refractivity contribution in [3.05, 3.63) is 66.2 Å². The maximum Gasteiger partial charge on any atom is 0.239 e. The summed E-state index contributed by atoms with van der Waals surface area (Å²) in [6, 6.07) is 20.8. The second-order valence-electron chi connectivity index (χ2n) is 6.82. The number of benzene rings is 2. The molecule has 4 nitrogen and oxygen atoms in total. The van der Waals surface area contributed by atoms with E-state index in [1.165, 1.54) is 5.56 Å². The third-order valence-electron chi connectivity index (χ3n) is 4.76. The molecule has 1 saturated heterocycles. The molecule has 0 aromatic heterocycles. The van der Waals surface area contributed by atoms with Gasteiger partial charge in [-0.05, 0) is 50.7 Å². The summed E-state index contributed by atoms with van der Waals surface area (Å²) in [6.45, 7) is 3.21. The molecule has 1 amide bonds. The van der Waals surface area contributed by atoms with E-state index in [2.05, 4.69) is 46.4 Å². The normalized spacial score (nSPS) is 15.7. The van der Waals surface area contributed by atoms with Gasteiger partial charge in [-0.25, -0.2) is 0 Å². The lowest BCUT2D eigenvalue weighted by Crippen LogP contribution is -2.46. The highest BCUT2D eigenvalue weighted by atomic mass is 16.2. The molecule has 1 aliphatic heterocycles. The molecule has 2 aromatic rings. The van der Waals surface area contributed by atoms with Gasteiger partial charge in [0, 0.05) is 18.3 Å². The van der Waals surface area contributed by atoms with Crippen molar-refractivity contribution in [2.24, 2.45) is 0 Å². The summed E-state index contributed by atoms with van der Waals surface area (Å²) in [6.07, 6.45) is 2.07. The minimum absolute atomic E-state index is 0.106.